The molecule has 2 aromatic heterocycles. The number of carbonyl (C=O) groups excluding carboxylic acids is 1. The van der Waals surface area contributed by atoms with Crippen LogP contribution in [0.3, 0.4) is 0 Å². The van der Waals surface area contributed by atoms with E-state index in [9.17, 15) is 18.0 Å². The maximum absolute atomic E-state index is 12.4. The van der Waals surface area contributed by atoms with Crippen LogP contribution in [0.5, 0.6) is 0 Å². The average Bonchev–Trinajstić information content (AvgIpc) is 3.41. The smallest absolute Gasteiger partial charge is 0.475 e. The third kappa shape index (κ3) is 6.39. The number of amides is 1. The van der Waals surface area contributed by atoms with Gasteiger partial charge in [-0.05, 0) is 30.3 Å². The molecule has 0 saturated carbocycles. The fourth-order valence-corrected chi connectivity index (χ4v) is 2.94. The van der Waals surface area contributed by atoms with Crippen LogP contribution in [-0.4, -0.2) is 51.4 Å². The van der Waals surface area contributed by atoms with Crippen LogP contribution in [0.1, 0.15) is 5.69 Å². The van der Waals surface area contributed by atoms with E-state index in [0.717, 1.165) is 22.0 Å². The van der Waals surface area contributed by atoms with E-state index in [0.29, 0.717) is 6.42 Å². The lowest BCUT2D eigenvalue weighted by Gasteiger charge is -2.21. The highest BCUT2D eigenvalue weighted by Crippen LogP contribution is 2.24. The van der Waals surface area contributed by atoms with Crippen molar-refractivity contribution < 1.29 is 27.9 Å². The number of rotatable bonds is 5. The van der Waals surface area contributed by atoms with E-state index in [1.54, 1.807) is 35.7 Å². The van der Waals surface area contributed by atoms with Crippen LogP contribution >= 0.6 is 11.3 Å². The van der Waals surface area contributed by atoms with Gasteiger partial charge in [0.1, 0.15) is 5.01 Å². The Bertz CT molecular complexity index is 945. The molecule has 0 aliphatic rings. The van der Waals surface area contributed by atoms with Gasteiger partial charge in [-0.1, -0.05) is 0 Å². The normalized spacial score (nSPS) is 11.9. The standard InChI is InChI=1S/C16H17N5OS.C2HF3O2/c1-21(16(22)14(17)10-12-6-7-19-20-12)13-4-2-11(3-5-13)15-18-8-9-23-15;3-2(4,5)1(6)7/h2-9,14H,10,17H2,1H3,(H,19,20);(H,6,7). The molecule has 1 atom stereocenters. The number of thiazole rings is 1. The number of hydrogen-bond donors (Lipinski definition) is 3. The first kappa shape index (κ1) is 23.0. The molecule has 0 fully saturated rings. The van der Waals surface area contributed by atoms with E-state index in [1.165, 1.54) is 0 Å². The number of anilines is 1. The maximum Gasteiger partial charge on any atom is 0.490 e. The fourth-order valence-electron chi connectivity index (χ4n) is 2.29. The summed E-state index contributed by atoms with van der Waals surface area (Å²) in [5.74, 6) is -2.89. The average molecular weight is 441 g/mol. The molecule has 0 radical (unpaired) electrons. The molecule has 3 aromatic rings. The summed E-state index contributed by atoms with van der Waals surface area (Å²) < 4.78 is 31.7. The second kappa shape index (κ2) is 9.98. The number of nitrogens with one attached hydrogen (secondary N) is 1. The first-order valence-corrected chi connectivity index (χ1v) is 9.29. The summed E-state index contributed by atoms with van der Waals surface area (Å²) in [6.07, 6.45) is -1.23. The van der Waals surface area contributed by atoms with Gasteiger partial charge in [0.15, 0.2) is 0 Å². The molecule has 3 rings (SSSR count). The quantitative estimate of drug-likeness (QED) is 0.559. The van der Waals surface area contributed by atoms with Crippen molar-refractivity contribution in [1.29, 1.82) is 0 Å². The van der Waals surface area contributed by atoms with Crippen LogP contribution in [0.2, 0.25) is 0 Å². The number of nitrogens with two attached hydrogens (primary N) is 1. The highest BCUT2D eigenvalue weighted by Gasteiger charge is 2.38. The molecule has 0 spiro atoms. The van der Waals surface area contributed by atoms with Crippen LogP contribution in [0.25, 0.3) is 10.6 Å². The van der Waals surface area contributed by atoms with Gasteiger partial charge in [-0.2, -0.15) is 18.3 Å². The molecule has 2 heterocycles. The van der Waals surface area contributed by atoms with Gasteiger partial charge in [-0.15, -0.1) is 11.3 Å². The highest BCUT2D eigenvalue weighted by atomic mass is 32.1. The summed E-state index contributed by atoms with van der Waals surface area (Å²) in [6.45, 7) is 0. The largest absolute Gasteiger partial charge is 0.490 e. The highest BCUT2D eigenvalue weighted by molar-refractivity contribution is 7.13. The number of aliphatic carboxylic acids is 1. The van der Waals surface area contributed by atoms with E-state index >= 15 is 0 Å². The molecule has 1 amide bonds. The van der Waals surface area contributed by atoms with E-state index in [4.69, 9.17) is 15.6 Å². The molecule has 12 heteroatoms. The monoisotopic (exact) mass is 441 g/mol. The second-order valence-corrected chi connectivity index (χ2v) is 6.87. The van der Waals surface area contributed by atoms with E-state index in [1.807, 2.05) is 35.7 Å². The van der Waals surface area contributed by atoms with Gasteiger partial charge >= 0.3 is 12.1 Å². The number of nitrogens with zero attached hydrogens (tertiary/aromatic N) is 3. The summed E-state index contributed by atoms with van der Waals surface area (Å²) in [5, 5.41) is 16.7. The van der Waals surface area contributed by atoms with Gasteiger partial charge in [0, 0.05) is 48.2 Å². The zero-order valence-corrected chi connectivity index (χ0v) is 16.4. The third-order valence-electron chi connectivity index (χ3n) is 3.82. The van der Waals surface area contributed by atoms with Crippen LogP contribution in [0, 0.1) is 0 Å². The van der Waals surface area contributed by atoms with Crippen LogP contribution < -0.4 is 10.6 Å². The Hall–Kier alpha value is -3.25. The predicted octanol–water partition coefficient (Wildman–Crippen LogP) is 2.70. The lowest BCUT2D eigenvalue weighted by atomic mass is 10.1. The maximum atomic E-state index is 12.4. The van der Waals surface area contributed by atoms with Crippen molar-refractivity contribution in [3.8, 4) is 10.6 Å². The first-order valence-electron chi connectivity index (χ1n) is 8.41. The Morgan fingerprint density at radius 2 is 1.87 bits per heavy atom. The van der Waals surface area contributed by atoms with Gasteiger partial charge in [0.2, 0.25) is 5.91 Å². The SMILES string of the molecule is CN(C(=O)C(N)Cc1ccn[nH]1)c1ccc(-c2nccs2)cc1.O=C(O)C(F)(F)F. The molecule has 0 saturated heterocycles. The lowest BCUT2D eigenvalue weighted by Crippen LogP contribution is -2.43. The van der Waals surface area contributed by atoms with Crippen molar-refractivity contribution in [1.82, 2.24) is 15.2 Å². The second-order valence-electron chi connectivity index (χ2n) is 5.98. The lowest BCUT2D eigenvalue weighted by molar-refractivity contribution is -0.192. The zero-order valence-electron chi connectivity index (χ0n) is 15.6. The van der Waals surface area contributed by atoms with Crippen LogP contribution in [0.4, 0.5) is 18.9 Å². The Labute approximate surface area is 173 Å². The summed E-state index contributed by atoms with van der Waals surface area (Å²) in [7, 11) is 1.73. The van der Waals surface area contributed by atoms with E-state index in [-0.39, 0.29) is 5.91 Å². The number of carboxylic acid groups (broad SMARTS) is 1. The zero-order chi connectivity index (χ0) is 22.3. The summed E-state index contributed by atoms with van der Waals surface area (Å²) in [4.78, 5) is 27.2. The van der Waals surface area contributed by atoms with Crippen molar-refractivity contribution >= 4 is 28.9 Å². The van der Waals surface area contributed by atoms with Crippen molar-refractivity contribution in [3.63, 3.8) is 0 Å². The van der Waals surface area contributed by atoms with Gasteiger partial charge in [0.25, 0.3) is 0 Å². The number of H-pyrrole nitrogens is 1. The number of likely N-dealkylation sites (N-methyl/N-ethyl adjacent to an activating group) is 1. The molecule has 1 aromatic carbocycles. The van der Waals surface area contributed by atoms with E-state index < -0.39 is 18.2 Å². The minimum absolute atomic E-state index is 0.137. The summed E-state index contributed by atoms with van der Waals surface area (Å²) in [6, 6.07) is 8.92. The van der Waals surface area contributed by atoms with Crippen molar-refractivity contribution in [3.05, 3.63) is 53.8 Å². The Morgan fingerprint density at radius 3 is 2.33 bits per heavy atom. The summed E-state index contributed by atoms with van der Waals surface area (Å²) >= 11 is 1.58. The molecule has 8 nitrogen and oxygen atoms in total. The Kier molecular flexibility index (Phi) is 7.66. The van der Waals surface area contributed by atoms with Crippen LogP contribution in [-0.2, 0) is 16.0 Å². The predicted molar refractivity (Wildman–Crippen MR) is 105 cm³/mol. The molecule has 160 valence electrons. The number of hydrogen-bond acceptors (Lipinski definition) is 6. The molecular formula is C18H18F3N5O3S. The molecule has 4 N–H and O–H groups in total. The Balaban J connectivity index is 0.000000396. The minimum atomic E-state index is -5.08. The van der Waals surface area contributed by atoms with Gasteiger partial charge < -0.3 is 15.7 Å². The minimum Gasteiger partial charge on any atom is -0.475 e. The molecular weight excluding hydrogens is 423 g/mol. The topological polar surface area (TPSA) is 125 Å². The molecule has 0 aliphatic heterocycles. The number of halogens is 3. The summed E-state index contributed by atoms with van der Waals surface area (Å²) in [5.41, 5.74) is 8.69. The van der Waals surface area contributed by atoms with Gasteiger partial charge in [0.05, 0.1) is 6.04 Å². The van der Waals surface area contributed by atoms with Crippen molar-refractivity contribution in [2.45, 2.75) is 18.6 Å². The molecule has 0 bridgehead atoms. The molecule has 1 unspecified atom stereocenters. The first-order chi connectivity index (χ1) is 14.1. The van der Waals surface area contributed by atoms with Crippen molar-refractivity contribution in [2.24, 2.45) is 5.73 Å². The number of carboxylic acids is 1. The number of aromatic nitrogens is 3. The number of carbonyl (C=O) groups is 2. The van der Waals surface area contributed by atoms with Crippen LogP contribution in [0.15, 0.2) is 48.1 Å². The Morgan fingerprint density at radius 1 is 1.23 bits per heavy atom. The fraction of sp³-hybridized carbons (Fsp3) is 0.222. The number of aromatic amines is 1. The van der Waals surface area contributed by atoms with Crippen molar-refractivity contribution in [2.75, 3.05) is 11.9 Å². The molecule has 0 aliphatic carbocycles. The molecule has 30 heavy (non-hydrogen) atoms. The third-order valence-corrected chi connectivity index (χ3v) is 4.64. The number of benzene rings is 1. The number of alkyl halides is 3. The van der Waals surface area contributed by atoms with E-state index in [2.05, 4.69) is 15.2 Å². The van der Waals surface area contributed by atoms with Gasteiger partial charge in [-0.3, -0.25) is 9.89 Å². The van der Waals surface area contributed by atoms with Gasteiger partial charge in [-0.25, -0.2) is 9.78 Å².